The Hall–Kier alpha value is -1.58. The van der Waals surface area contributed by atoms with Crippen LogP contribution in [-0.4, -0.2) is 5.11 Å². The van der Waals surface area contributed by atoms with Gasteiger partial charge in [-0.25, -0.2) is 0 Å². The summed E-state index contributed by atoms with van der Waals surface area (Å²) in [6.45, 7) is 4.27. The Morgan fingerprint density at radius 1 is 1.14 bits per heavy atom. The summed E-state index contributed by atoms with van der Waals surface area (Å²) in [6, 6.07) is 16.1. The molecular formula is C17H19ClN2S. The van der Waals surface area contributed by atoms with Gasteiger partial charge in [-0.1, -0.05) is 42.8 Å². The Morgan fingerprint density at radius 3 is 2.43 bits per heavy atom. The van der Waals surface area contributed by atoms with Crippen LogP contribution in [0.2, 0.25) is 5.02 Å². The van der Waals surface area contributed by atoms with Crippen LogP contribution in [0.4, 0.5) is 5.69 Å². The molecule has 0 fully saturated rings. The largest absolute Gasteiger partial charge is 0.356 e. The second-order valence-electron chi connectivity index (χ2n) is 4.92. The predicted octanol–water partition coefficient (Wildman–Crippen LogP) is 5.09. The Kier molecular flexibility index (Phi) is 5.59. The molecule has 0 aliphatic rings. The van der Waals surface area contributed by atoms with Crippen molar-refractivity contribution in [2.24, 2.45) is 0 Å². The van der Waals surface area contributed by atoms with Crippen LogP contribution in [0.25, 0.3) is 0 Å². The number of benzene rings is 2. The van der Waals surface area contributed by atoms with Gasteiger partial charge in [-0.3, -0.25) is 0 Å². The van der Waals surface area contributed by atoms with Crippen LogP contribution in [-0.2, 0) is 0 Å². The van der Waals surface area contributed by atoms with Crippen molar-refractivity contribution in [3.05, 3.63) is 64.7 Å². The molecule has 1 atom stereocenters. The molecule has 0 unspecified atom stereocenters. The minimum absolute atomic E-state index is 0.207. The van der Waals surface area contributed by atoms with E-state index in [1.54, 1.807) is 0 Å². The second kappa shape index (κ2) is 7.43. The van der Waals surface area contributed by atoms with Gasteiger partial charge in [0.05, 0.1) is 6.04 Å². The van der Waals surface area contributed by atoms with Gasteiger partial charge in [0.25, 0.3) is 0 Å². The highest BCUT2D eigenvalue weighted by molar-refractivity contribution is 7.80. The van der Waals surface area contributed by atoms with E-state index in [-0.39, 0.29) is 6.04 Å². The zero-order valence-corrected chi connectivity index (χ0v) is 13.8. The van der Waals surface area contributed by atoms with Crippen molar-refractivity contribution in [3.63, 3.8) is 0 Å². The van der Waals surface area contributed by atoms with Crippen molar-refractivity contribution in [2.75, 3.05) is 5.32 Å². The third-order valence-electron chi connectivity index (χ3n) is 3.38. The molecule has 2 rings (SSSR count). The van der Waals surface area contributed by atoms with Gasteiger partial charge < -0.3 is 10.6 Å². The van der Waals surface area contributed by atoms with Crippen molar-refractivity contribution in [3.8, 4) is 0 Å². The minimum Gasteiger partial charge on any atom is -0.356 e. The highest BCUT2D eigenvalue weighted by Gasteiger charge is 2.12. The molecule has 0 aliphatic carbocycles. The van der Waals surface area contributed by atoms with Crippen molar-refractivity contribution in [2.45, 2.75) is 26.3 Å². The van der Waals surface area contributed by atoms with E-state index in [2.05, 4.69) is 48.7 Å². The van der Waals surface area contributed by atoms with Crippen LogP contribution in [0.3, 0.4) is 0 Å². The maximum atomic E-state index is 5.88. The lowest BCUT2D eigenvalue weighted by Gasteiger charge is -2.21. The van der Waals surface area contributed by atoms with Crippen LogP contribution >= 0.6 is 23.8 Å². The number of anilines is 1. The molecule has 4 heteroatoms. The average molecular weight is 319 g/mol. The first-order valence-electron chi connectivity index (χ1n) is 6.98. The molecule has 0 saturated carbocycles. The predicted molar refractivity (Wildman–Crippen MR) is 95.0 cm³/mol. The lowest BCUT2D eigenvalue weighted by Crippen LogP contribution is -2.32. The minimum atomic E-state index is 0.207. The number of aryl methyl sites for hydroxylation is 1. The van der Waals surface area contributed by atoms with Gasteiger partial charge in [0.1, 0.15) is 0 Å². The van der Waals surface area contributed by atoms with Gasteiger partial charge in [0.2, 0.25) is 0 Å². The molecule has 0 amide bonds. The molecule has 0 radical (unpaired) electrons. The number of thiocarbonyl (C=S) groups is 1. The molecule has 2 aromatic carbocycles. The lowest BCUT2D eigenvalue weighted by atomic mass is 10.00. The second-order valence-corrected chi connectivity index (χ2v) is 5.77. The third-order valence-corrected chi connectivity index (χ3v) is 3.85. The number of hydrogen-bond donors (Lipinski definition) is 2. The van der Waals surface area contributed by atoms with Crippen molar-refractivity contribution in [1.82, 2.24) is 5.32 Å². The van der Waals surface area contributed by atoms with Gasteiger partial charge in [0, 0.05) is 10.7 Å². The number of rotatable bonds is 4. The summed E-state index contributed by atoms with van der Waals surface area (Å²) in [4.78, 5) is 0. The molecule has 2 N–H and O–H groups in total. The highest BCUT2D eigenvalue weighted by Crippen LogP contribution is 2.20. The number of hydrogen-bond acceptors (Lipinski definition) is 1. The van der Waals surface area contributed by atoms with Crippen LogP contribution in [0.1, 0.15) is 30.5 Å². The van der Waals surface area contributed by atoms with Gasteiger partial charge in [-0.2, -0.15) is 0 Å². The first kappa shape index (κ1) is 15.8. The van der Waals surface area contributed by atoms with E-state index in [0.717, 1.165) is 12.1 Å². The average Bonchev–Trinajstić information content (AvgIpc) is 2.48. The van der Waals surface area contributed by atoms with E-state index in [1.807, 2.05) is 24.3 Å². The topological polar surface area (TPSA) is 24.1 Å². The summed E-state index contributed by atoms with van der Waals surface area (Å²) >= 11 is 11.3. The molecule has 2 nitrogen and oxygen atoms in total. The lowest BCUT2D eigenvalue weighted by molar-refractivity contribution is 0.625. The van der Waals surface area contributed by atoms with Crippen LogP contribution in [0, 0.1) is 6.92 Å². The van der Waals surface area contributed by atoms with E-state index in [1.165, 1.54) is 11.1 Å². The van der Waals surface area contributed by atoms with Crippen molar-refractivity contribution < 1.29 is 0 Å². The van der Waals surface area contributed by atoms with E-state index >= 15 is 0 Å². The molecule has 0 spiro atoms. The number of nitrogens with one attached hydrogen (secondary N) is 2. The van der Waals surface area contributed by atoms with Gasteiger partial charge in [-0.05, 0) is 61.0 Å². The fraction of sp³-hybridized carbons (Fsp3) is 0.235. The Labute approximate surface area is 136 Å². The summed E-state index contributed by atoms with van der Waals surface area (Å²) in [5.41, 5.74) is 3.47. The summed E-state index contributed by atoms with van der Waals surface area (Å²) in [5, 5.41) is 7.89. The molecule has 0 aromatic heterocycles. The Morgan fingerprint density at radius 2 is 1.81 bits per heavy atom. The number of halogens is 1. The van der Waals surface area contributed by atoms with E-state index < -0.39 is 0 Å². The molecule has 21 heavy (non-hydrogen) atoms. The Bertz CT molecular complexity index is 610. The van der Waals surface area contributed by atoms with E-state index in [9.17, 15) is 0 Å². The first-order chi connectivity index (χ1) is 10.1. The Balaban J connectivity index is 2.03. The van der Waals surface area contributed by atoms with Crippen LogP contribution < -0.4 is 10.6 Å². The summed E-state index contributed by atoms with van der Waals surface area (Å²) in [5.74, 6) is 0. The summed E-state index contributed by atoms with van der Waals surface area (Å²) in [6.07, 6.45) is 0.966. The summed E-state index contributed by atoms with van der Waals surface area (Å²) in [7, 11) is 0. The zero-order valence-electron chi connectivity index (χ0n) is 12.2. The molecule has 0 aliphatic heterocycles. The molecular weight excluding hydrogens is 300 g/mol. The maximum absolute atomic E-state index is 5.88. The van der Waals surface area contributed by atoms with E-state index in [4.69, 9.17) is 23.8 Å². The van der Waals surface area contributed by atoms with Crippen molar-refractivity contribution >= 4 is 34.6 Å². The highest BCUT2D eigenvalue weighted by atomic mass is 35.5. The smallest absolute Gasteiger partial charge is 0.171 e. The van der Waals surface area contributed by atoms with Crippen LogP contribution in [0.5, 0.6) is 0 Å². The molecule has 0 bridgehead atoms. The molecule has 0 saturated heterocycles. The van der Waals surface area contributed by atoms with Crippen LogP contribution in [0.15, 0.2) is 48.5 Å². The molecule has 0 heterocycles. The SMILES string of the molecule is CC[C@@H](NC(=S)Nc1ccc(Cl)cc1)c1ccccc1C. The van der Waals surface area contributed by atoms with Gasteiger partial charge >= 0.3 is 0 Å². The van der Waals surface area contributed by atoms with E-state index in [0.29, 0.717) is 10.1 Å². The monoisotopic (exact) mass is 318 g/mol. The quantitative estimate of drug-likeness (QED) is 0.768. The third kappa shape index (κ3) is 4.45. The van der Waals surface area contributed by atoms with Gasteiger partial charge in [-0.15, -0.1) is 0 Å². The normalized spacial score (nSPS) is 11.8. The first-order valence-corrected chi connectivity index (χ1v) is 7.77. The standard InChI is InChI=1S/C17H19ClN2S/c1-3-16(15-7-5-4-6-12(15)2)20-17(21)19-14-10-8-13(18)9-11-14/h4-11,16H,3H2,1-2H3,(H2,19,20,21)/t16-/m1/s1. The fourth-order valence-corrected chi connectivity index (χ4v) is 2.62. The molecule has 2 aromatic rings. The van der Waals surface area contributed by atoms with Gasteiger partial charge in [0.15, 0.2) is 5.11 Å². The molecule has 110 valence electrons. The fourth-order valence-electron chi connectivity index (χ4n) is 2.24. The maximum Gasteiger partial charge on any atom is 0.171 e. The van der Waals surface area contributed by atoms with Crippen molar-refractivity contribution in [1.29, 1.82) is 0 Å². The summed E-state index contributed by atoms with van der Waals surface area (Å²) < 4.78 is 0. The zero-order chi connectivity index (χ0) is 15.2.